The van der Waals surface area contributed by atoms with Crippen LogP contribution in [0.15, 0.2) is 52.4 Å². The lowest BCUT2D eigenvalue weighted by Gasteiger charge is -2.23. The van der Waals surface area contributed by atoms with E-state index in [1.54, 1.807) is 18.2 Å². The lowest BCUT2D eigenvalue weighted by molar-refractivity contribution is -0.123. The van der Waals surface area contributed by atoms with Crippen molar-refractivity contribution in [3.63, 3.8) is 0 Å². The molecule has 1 atom stereocenters. The van der Waals surface area contributed by atoms with Crippen molar-refractivity contribution in [2.45, 2.75) is 23.2 Å². The maximum atomic E-state index is 13.9. The molecule has 0 saturated carbocycles. The van der Waals surface area contributed by atoms with Gasteiger partial charge in [-0.15, -0.1) is 0 Å². The highest BCUT2D eigenvalue weighted by Gasteiger charge is 2.35. The summed E-state index contributed by atoms with van der Waals surface area (Å²) in [5, 5.41) is 5.64. The zero-order valence-electron chi connectivity index (χ0n) is 16.2. The van der Waals surface area contributed by atoms with Crippen LogP contribution in [0.2, 0.25) is 5.02 Å². The molecule has 0 radical (unpaired) electrons. The number of halogens is 3. The number of carbonyl (C=O) groups excluding carboxylic acids is 2. The fourth-order valence-corrected chi connectivity index (χ4v) is 4.25. The first kappa shape index (κ1) is 22.0. The molecule has 1 aliphatic heterocycles. The minimum atomic E-state index is -1.19. The summed E-state index contributed by atoms with van der Waals surface area (Å²) < 4.78 is 27.0. The first-order valence-corrected chi connectivity index (χ1v) is 10.7. The summed E-state index contributed by atoms with van der Waals surface area (Å²) in [6, 6.07) is 9.85. The molecule has 0 unspecified atom stereocenters. The number of aromatic nitrogens is 2. The molecule has 0 saturated heterocycles. The van der Waals surface area contributed by atoms with E-state index < -0.39 is 34.9 Å². The molecule has 0 bridgehead atoms. The van der Waals surface area contributed by atoms with Crippen LogP contribution in [0.4, 0.5) is 20.3 Å². The van der Waals surface area contributed by atoms with E-state index in [1.165, 1.54) is 11.8 Å². The molecule has 0 spiro atoms. The first-order valence-electron chi connectivity index (χ1n) is 9.37. The van der Waals surface area contributed by atoms with Crippen LogP contribution in [0.1, 0.15) is 23.5 Å². The monoisotopic (exact) mass is 476 g/mol. The second-order valence-electron chi connectivity index (χ2n) is 6.97. The van der Waals surface area contributed by atoms with Crippen molar-refractivity contribution < 1.29 is 18.4 Å². The van der Waals surface area contributed by atoms with Crippen molar-refractivity contribution in [1.82, 2.24) is 9.97 Å². The number of carbonyl (C=O) groups is 2. The minimum Gasteiger partial charge on any atom is -0.323 e. The van der Waals surface area contributed by atoms with E-state index in [-0.39, 0.29) is 28.6 Å². The fourth-order valence-electron chi connectivity index (χ4n) is 3.23. The predicted molar refractivity (Wildman–Crippen MR) is 117 cm³/mol. The van der Waals surface area contributed by atoms with Crippen molar-refractivity contribution in [2.75, 3.05) is 10.6 Å². The number of anilines is 2. The predicted octanol–water partition coefficient (Wildman–Crippen LogP) is 4.06. The van der Waals surface area contributed by atoms with Gasteiger partial charge in [0.25, 0.3) is 5.56 Å². The second-order valence-corrected chi connectivity index (χ2v) is 8.37. The van der Waals surface area contributed by atoms with E-state index in [1.807, 2.05) is 6.07 Å². The molecule has 1 aliphatic rings. The molecular formula is C21H15ClF2N4O3S. The number of H-pyrrole nitrogens is 1. The van der Waals surface area contributed by atoms with E-state index in [0.717, 1.165) is 17.7 Å². The molecule has 4 rings (SSSR count). The number of nitrogens with zero attached hydrogens (tertiary/aromatic N) is 1. The van der Waals surface area contributed by atoms with Gasteiger partial charge in [-0.05, 0) is 29.8 Å². The van der Waals surface area contributed by atoms with Crippen LogP contribution in [0.25, 0.3) is 0 Å². The van der Waals surface area contributed by atoms with Crippen LogP contribution in [0.3, 0.4) is 0 Å². The standard InChI is InChI=1S/C21H15ClF2N4O3S/c22-11-3-1-2-10(6-11)9-32-21-27-18-17(20(31)28-21)13(8-16(29)26-18)19(30)25-15-5-4-12(23)7-14(15)24/h1-7,13H,8-9H2,(H,25,30)(H2,26,27,28,29,31)/t13-/m1/s1. The van der Waals surface area contributed by atoms with E-state index in [9.17, 15) is 23.2 Å². The summed E-state index contributed by atoms with van der Waals surface area (Å²) in [6.45, 7) is 0. The largest absolute Gasteiger partial charge is 0.323 e. The molecule has 2 heterocycles. The van der Waals surface area contributed by atoms with Crippen LogP contribution in [0.5, 0.6) is 0 Å². The minimum absolute atomic E-state index is 0.0293. The second kappa shape index (κ2) is 9.09. The topological polar surface area (TPSA) is 104 Å². The number of thioether (sulfide) groups is 1. The lowest BCUT2D eigenvalue weighted by atomic mass is 9.92. The van der Waals surface area contributed by atoms with Crippen LogP contribution < -0.4 is 16.2 Å². The Hall–Kier alpha value is -3.24. The highest BCUT2D eigenvalue weighted by atomic mass is 35.5. The average molecular weight is 477 g/mol. The third kappa shape index (κ3) is 4.81. The number of nitrogens with one attached hydrogen (secondary N) is 3. The van der Waals surface area contributed by atoms with Gasteiger partial charge < -0.3 is 15.6 Å². The van der Waals surface area contributed by atoms with Crippen LogP contribution in [0, 0.1) is 11.6 Å². The number of hydrogen-bond donors (Lipinski definition) is 3. The summed E-state index contributed by atoms with van der Waals surface area (Å²) >= 11 is 7.20. The Bertz CT molecular complexity index is 1280. The van der Waals surface area contributed by atoms with Gasteiger partial charge in [0.15, 0.2) is 5.16 Å². The molecule has 164 valence electrons. The van der Waals surface area contributed by atoms with Crippen molar-refractivity contribution in [3.05, 3.63) is 80.6 Å². The Kier molecular flexibility index (Phi) is 6.24. The number of fused-ring (bicyclic) bond motifs is 1. The Morgan fingerprint density at radius 3 is 2.78 bits per heavy atom. The van der Waals surface area contributed by atoms with Crippen molar-refractivity contribution in [2.24, 2.45) is 0 Å². The van der Waals surface area contributed by atoms with Gasteiger partial charge in [0, 0.05) is 23.3 Å². The normalized spacial score (nSPS) is 15.1. The van der Waals surface area contributed by atoms with E-state index >= 15 is 0 Å². The average Bonchev–Trinajstić information content (AvgIpc) is 2.73. The summed E-state index contributed by atoms with van der Waals surface area (Å²) in [7, 11) is 0. The molecule has 2 aromatic carbocycles. The Morgan fingerprint density at radius 1 is 1.22 bits per heavy atom. The molecule has 11 heteroatoms. The van der Waals surface area contributed by atoms with Gasteiger partial charge in [0.1, 0.15) is 17.5 Å². The zero-order chi connectivity index (χ0) is 22.8. The number of hydrogen-bond acceptors (Lipinski definition) is 5. The van der Waals surface area contributed by atoms with Crippen molar-refractivity contribution >= 4 is 46.7 Å². The number of aromatic amines is 1. The fraction of sp³-hybridized carbons (Fsp3) is 0.143. The van der Waals surface area contributed by atoms with Crippen LogP contribution in [-0.4, -0.2) is 21.8 Å². The highest BCUT2D eigenvalue weighted by molar-refractivity contribution is 7.98. The lowest BCUT2D eigenvalue weighted by Crippen LogP contribution is -2.36. The van der Waals surface area contributed by atoms with Crippen LogP contribution >= 0.6 is 23.4 Å². The molecule has 3 N–H and O–H groups in total. The van der Waals surface area contributed by atoms with E-state index in [0.29, 0.717) is 16.8 Å². The zero-order valence-corrected chi connectivity index (χ0v) is 17.8. The molecule has 2 amide bonds. The van der Waals surface area contributed by atoms with Gasteiger partial charge >= 0.3 is 0 Å². The Morgan fingerprint density at radius 2 is 2.03 bits per heavy atom. The van der Waals surface area contributed by atoms with Crippen molar-refractivity contribution in [1.29, 1.82) is 0 Å². The summed E-state index contributed by atoms with van der Waals surface area (Å²) in [4.78, 5) is 44.5. The van der Waals surface area contributed by atoms with E-state index in [4.69, 9.17) is 11.6 Å². The molecule has 32 heavy (non-hydrogen) atoms. The van der Waals surface area contributed by atoms with E-state index in [2.05, 4.69) is 20.6 Å². The van der Waals surface area contributed by atoms with Gasteiger partial charge in [-0.3, -0.25) is 14.4 Å². The first-order chi connectivity index (χ1) is 15.3. The summed E-state index contributed by atoms with van der Waals surface area (Å²) in [5.41, 5.74) is 0.0209. The Balaban J connectivity index is 1.58. The van der Waals surface area contributed by atoms with Crippen molar-refractivity contribution in [3.8, 4) is 0 Å². The molecular weight excluding hydrogens is 462 g/mol. The summed E-state index contributed by atoms with van der Waals surface area (Å²) in [6.07, 6.45) is -0.318. The van der Waals surface area contributed by atoms with Gasteiger partial charge in [-0.1, -0.05) is 35.5 Å². The smallest absolute Gasteiger partial charge is 0.257 e. The molecule has 1 aromatic heterocycles. The van der Waals surface area contributed by atoms with Gasteiger partial charge in [-0.2, -0.15) is 0 Å². The molecule has 7 nitrogen and oxygen atoms in total. The number of rotatable bonds is 5. The molecule has 3 aromatic rings. The highest BCUT2D eigenvalue weighted by Crippen LogP contribution is 2.31. The number of benzene rings is 2. The number of amides is 2. The molecule has 0 aliphatic carbocycles. The maximum Gasteiger partial charge on any atom is 0.257 e. The van der Waals surface area contributed by atoms with Gasteiger partial charge in [0.2, 0.25) is 11.8 Å². The van der Waals surface area contributed by atoms with Crippen LogP contribution in [-0.2, 0) is 15.3 Å². The molecule has 0 fully saturated rings. The third-order valence-corrected chi connectivity index (χ3v) is 5.88. The maximum absolute atomic E-state index is 13.9. The Labute approximate surface area is 189 Å². The van der Waals surface area contributed by atoms with Gasteiger partial charge in [0.05, 0.1) is 17.2 Å². The quantitative estimate of drug-likeness (QED) is 0.380. The third-order valence-electron chi connectivity index (χ3n) is 4.70. The summed E-state index contributed by atoms with van der Waals surface area (Å²) in [5.74, 6) is -3.82. The van der Waals surface area contributed by atoms with Gasteiger partial charge in [-0.25, -0.2) is 13.8 Å². The SMILES string of the molecule is O=C1C[C@@H](C(=O)Nc2ccc(F)cc2F)c2c(nc(SCc3cccc(Cl)c3)[nH]c2=O)N1.